The molecule has 8 rings (SSSR count). The Labute approximate surface area is 489 Å². The first kappa shape index (κ1) is 62.3. The minimum Gasteiger partial charge on any atom is -0.496 e. The molecule has 448 valence electrons. The maximum atomic E-state index is 13.9. The number of rotatable bonds is 31. The molecule has 2 aliphatic heterocycles. The third-order valence-electron chi connectivity index (χ3n) is 14.8. The van der Waals surface area contributed by atoms with E-state index in [9.17, 15) is 29.1 Å². The molecule has 0 saturated carbocycles. The van der Waals surface area contributed by atoms with Crippen molar-refractivity contribution in [1.82, 2.24) is 40.7 Å². The minimum atomic E-state index is -0.981. The third-order valence-corrected chi connectivity index (χ3v) is 15.8. The number of aromatic nitrogens is 3. The highest BCUT2D eigenvalue weighted by molar-refractivity contribution is 7.13. The van der Waals surface area contributed by atoms with Gasteiger partial charge in [0.05, 0.1) is 100 Å². The third kappa shape index (κ3) is 17.4. The van der Waals surface area contributed by atoms with Gasteiger partial charge in [0.25, 0.3) is 5.91 Å². The first-order valence-corrected chi connectivity index (χ1v) is 29.5. The molecule has 3 aromatic carbocycles. The quantitative estimate of drug-likeness (QED) is 0.0347. The normalized spacial score (nSPS) is 16.8. The van der Waals surface area contributed by atoms with Gasteiger partial charge in [0, 0.05) is 61.9 Å². The number of likely N-dealkylation sites (tertiary alicyclic amines) is 1. The number of nitrogens with one attached hydrogen (secondary N) is 4. The molecule has 2 aromatic heterocycles. The van der Waals surface area contributed by atoms with Crippen molar-refractivity contribution in [2.75, 3.05) is 92.9 Å². The van der Waals surface area contributed by atoms with Gasteiger partial charge in [-0.1, -0.05) is 57.2 Å². The zero-order valence-electron chi connectivity index (χ0n) is 48.6. The summed E-state index contributed by atoms with van der Waals surface area (Å²) in [5.41, 5.74) is 9.57. The Morgan fingerprint density at radius 3 is 2.14 bits per heavy atom. The molecule has 0 radical (unpaired) electrons. The number of β-amino-alcohol motifs (C(OH)–C–C–N with tert-alkyl or cyclic N) is 1. The molecule has 1 fully saturated rings. The van der Waals surface area contributed by atoms with E-state index in [0.717, 1.165) is 82.1 Å². The zero-order chi connectivity index (χ0) is 58.9. The molecule has 83 heavy (non-hydrogen) atoms. The number of benzene rings is 3. The Kier molecular flexibility index (Phi) is 22.6. The Morgan fingerprint density at radius 2 is 1.48 bits per heavy atom. The fourth-order valence-corrected chi connectivity index (χ4v) is 11.1. The number of carbonyl (C=O) groups is 5. The summed E-state index contributed by atoms with van der Waals surface area (Å²) in [7, 11) is 1.57. The first-order valence-electron chi connectivity index (χ1n) is 28.6. The standard InChI is InChI=1S/C61H80N8O13S/c1-39-51(76-6)30-45(58(73)66-48-17-16-42-14-15-44(29-47(42)48)49-35-68-19-7-9-53(68)65-49)31-52(39)82-20-8-18-62-54(71)36-80-27-25-78-23-21-77-22-24-79-26-28-81-37-55(72)67-57(61(3,4)5)60(75)69-34-46(70)32-50(69)59(74)63-33-41-10-12-43(13-11-41)56-40(2)64-38-83-56/h10-15,29-31,35,38,46,48,50,57,70H,7-9,16-28,32-34,36-37H2,1-6H3,(H,62,71)(H,63,74)(H,66,73)(H,67,72)/t46-,48-,50+,57-/m1/s1. The monoisotopic (exact) mass is 1160 g/mol. The molecule has 0 bridgehead atoms. The van der Waals surface area contributed by atoms with E-state index in [0.29, 0.717) is 63.1 Å². The molecule has 3 aliphatic rings. The van der Waals surface area contributed by atoms with E-state index in [4.69, 9.17) is 38.1 Å². The van der Waals surface area contributed by atoms with Crippen LogP contribution in [0.3, 0.4) is 0 Å². The number of nitrogens with zero attached hydrogens (tertiary/aromatic N) is 4. The lowest BCUT2D eigenvalue weighted by molar-refractivity contribution is -0.144. The van der Waals surface area contributed by atoms with Crippen LogP contribution in [0.15, 0.2) is 66.3 Å². The molecule has 5 amide bonds. The predicted octanol–water partition coefficient (Wildman–Crippen LogP) is 5.44. The SMILES string of the molecule is COc1cc(C(=O)N[C@@H]2CCc3ccc(-c4cn5c(n4)CCC5)cc32)cc(OCCCNC(=O)COCCOCCOCCOCCOCC(=O)N[C@H](C(=O)N2C[C@H](O)C[C@H]2C(=O)NCc2ccc(-c3scnc3C)cc2)C(C)(C)C)c1C. The van der Waals surface area contributed by atoms with E-state index >= 15 is 0 Å². The van der Waals surface area contributed by atoms with Crippen LogP contribution in [0.2, 0.25) is 0 Å². The average molecular weight is 1170 g/mol. The Bertz CT molecular complexity index is 2970. The van der Waals surface area contributed by atoms with Crippen molar-refractivity contribution >= 4 is 40.9 Å². The number of amides is 5. The number of hydrogen-bond acceptors (Lipinski definition) is 16. The molecule has 22 heteroatoms. The van der Waals surface area contributed by atoms with Gasteiger partial charge in [-0.05, 0) is 85.4 Å². The number of thiazole rings is 1. The largest absolute Gasteiger partial charge is 0.496 e. The smallest absolute Gasteiger partial charge is 0.252 e. The molecule has 1 aliphatic carbocycles. The van der Waals surface area contributed by atoms with E-state index in [1.807, 2.05) is 64.4 Å². The second-order valence-electron chi connectivity index (χ2n) is 22.1. The van der Waals surface area contributed by atoms with Crippen LogP contribution in [0.5, 0.6) is 11.5 Å². The first-order chi connectivity index (χ1) is 40.1. The summed E-state index contributed by atoms with van der Waals surface area (Å²) < 4.78 is 41.6. The van der Waals surface area contributed by atoms with Crippen molar-refractivity contribution in [2.24, 2.45) is 5.41 Å². The molecular formula is C61H80N8O13S. The van der Waals surface area contributed by atoms with Gasteiger partial charge in [0.2, 0.25) is 23.6 Å². The van der Waals surface area contributed by atoms with Crippen LogP contribution < -0.4 is 30.7 Å². The van der Waals surface area contributed by atoms with Crippen LogP contribution in [0, 0.1) is 19.3 Å². The van der Waals surface area contributed by atoms with Gasteiger partial charge in [0.1, 0.15) is 42.6 Å². The highest BCUT2D eigenvalue weighted by atomic mass is 32.1. The summed E-state index contributed by atoms with van der Waals surface area (Å²) in [6.45, 7) is 12.9. The lowest BCUT2D eigenvalue weighted by Crippen LogP contribution is -2.58. The molecule has 4 heterocycles. The fourth-order valence-electron chi connectivity index (χ4n) is 10.3. The number of carbonyl (C=O) groups excluding carboxylic acids is 5. The van der Waals surface area contributed by atoms with Crippen molar-refractivity contribution < 1.29 is 62.2 Å². The maximum Gasteiger partial charge on any atom is 0.252 e. The van der Waals surface area contributed by atoms with Gasteiger partial charge in [-0.25, -0.2) is 9.97 Å². The van der Waals surface area contributed by atoms with Crippen LogP contribution in [0.25, 0.3) is 21.7 Å². The number of fused-ring (bicyclic) bond motifs is 2. The second-order valence-corrected chi connectivity index (χ2v) is 22.9. The van der Waals surface area contributed by atoms with Crippen LogP contribution in [0.1, 0.15) is 96.6 Å². The minimum absolute atomic E-state index is 0.0285. The average Bonchev–Trinajstić information content (AvgIpc) is 4.18. The molecule has 0 spiro atoms. The predicted molar refractivity (Wildman–Crippen MR) is 311 cm³/mol. The molecule has 21 nitrogen and oxygen atoms in total. The molecular weight excluding hydrogens is 1080 g/mol. The Hall–Kier alpha value is -6.79. The molecule has 0 unspecified atom stereocenters. The number of aliphatic hydroxyl groups excluding tert-OH is 1. The maximum absolute atomic E-state index is 13.9. The van der Waals surface area contributed by atoms with Crippen LogP contribution in [-0.4, -0.2) is 165 Å². The number of aryl methyl sites for hydroxylation is 4. The molecule has 1 saturated heterocycles. The van der Waals surface area contributed by atoms with Crippen LogP contribution in [0.4, 0.5) is 0 Å². The highest BCUT2D eigenvalue weighted by Gasteiger charge is 2.44. The Morgan fingerprint density at radius 1 is 0.807 bits per heavy atom. The number of aliphatic hydroxyl groups is 1. The summed E-state index contributed by atoms with van der Waals surface area (Å²) >= 11 is 1.57. The Balaban J connectivity index is 0.623. The van der Waals surface area contributed by atoms with Gasteiger partial charge < -0.3 is 69.0 Å². The summed E-state index contributed by atoms with van der Waals surface area (Å²) in [5.74, 6) is 0.398. The van der Waals surface area contributed by atoms with E-state index in [-0.39, 0.29) is 82.9 Å². The lowest BCUT2D eigenvalue weighted by Gasteiger charge is -2.35. The fraction of sp³-hybridized carbons (Fsp3) is 0.525. The second kappa shape index (κ2) is 30.1. The topological polar surface area (TPSA) is 252 Å². The van der Waals surface area contributed by atoms with E-state index in [1.54, 1.807) is 30.6 Å². The van der Waals surface area contributed by atoms with Crippen LogP contribution in [-0.2, 0) is 68.8 Å². The summed E-state index contributed by atoms with van der Waals surface area (Å²) in [4.78, 5) is 78.1. The molecule has 5 N–H and O–H groups in total. The highest BCUT2D eigenvalue weighted by Crippen LogP contribution is 2.37. The van der Waals surface area contributed by atoms with E-state index in [1.165, 1.54) is 10.5 Å². The number of imidazole rings is 1. The van der Waals surface area contributed by atoms with E-state index in [2.05, 4.69) is 55.2 Å². The summed E-state index contributed by atoms with van der Waals surface area (Å²) in [6.07, 6.45) is 5.69. The van der Waals surface area contributed by atoms with Crippen molar-refractivity contribution in [1.29, 1.82) is 0 Å². The summed E-state index contributed by atoms with van der Waals surface area (Å²) in [5, 5.41) is 22.3. The zero-order valence-corrected chi connectivity index (χ0v) is 49.4. The van der Waals surface area contributed by atoms with Crippen LogP contribution >= 0.6 is 11.3 Å². The van der Waals surface area contributed by atoms with Gasteiger partial charge in [-0.15, -0.1) is 11.3 Å². The van der Waals surface area contributed by atoms with Crippen molar-refractivity contribution in [2.45, 2.75) is 110 Å². The van der Waals surface area contributed by atoms with Gasteiger partial charge >= 0.3 is 0 Å². The molecule has 5 aromatic rings. The van der Waals surface area contributed by atoms with Crippen molar-refractivity contribution in [3.63, 3.8) is 0 Å². The van der Waals surface area contributed by atoms with Crippen molar-refractivity contribution in [3.8, 4) is 33.2 Å². The van der Waals surface area contributed by atoms with Crippen molar-refractivity contribution in [3.05, 3.63) is 106 Å². The van der Waals surface area contributed by atoms with E-state index < -0.39 is 35.4 Å². The number of ether oxygens (including phenoxy) is 7. The van der Waals surface area contributed by atoms with Gasteiger partial charge in [-0.3, -0.25) is 24.0 Å². The van der Waals surface area contributed by atoms with Gasteiger partial charge in [-0.2, -0.15) is 0 Å². The number of methoxy groups -OCH3 is 1. The number of hydrogen-bond donors (Lipinski definition) is 5. The van der Waals surface area contributed by atoms with Gasteiger partial charge in [0.15, 0.2) is 0 Å². The summed E-state index contributed by atoms with van der Waals surface area (Å²) in [6, 6.07) is 15.8. The lowest BCUT2D eigenvalue weighted by atomic mass is 9.85. The molecule has 4 atom stereocenters.